The minimum atomic E-state index is -4.63. The predicted octanol–water partition coefficient (Wildman–Crippen LogP) is 5.33. The first-order valence-electron chi connectivity index (χ1n) is 9.11. The maximum atomic E-state index is 12.7. The molecule has 164 valence electrons. The van der Waals surface area contributed by atoms with Crippen LogP contribution < -0.4 is 9.47 Å². The summed E-state index contributed by atoms with van der Waals surface area (Å²) in [5, 5.41) is 0. The Morgan fingerprint density at radius 2 is 1.50 bits per heavy atom. The molecule has 0 unspecified atom stereocenters. The number of fused-ring (bicyclic) bond motifs is 3. The molecule has 30 heavy (non-hydrogen) atoms. The number of ether oxygens (including phenoxy) is 2. The molecule has 0 N–H and O–H groups in total. The van der Waals surface area contributed by atoms with Gasteiger partial charge < -0.3 is 9.47 Å². The van der Waals surface area contributed by atoms with E-state index in [1.807, 2.05) is 6.92 Å². The summed E-state index contributed by atoms with van der Waals surface area (Å²) in [6.45, 7) is 2.17. The van der Waals surface area contributed by atoms with Crippen LogP contribution in [0.2, 0.25) is 0 Å². The summed E-state index contributed by atoms with van der Waals surface area (Å²) >= 11 is 0. The van der Waals surface area contributed by atoms with E-state index < -0.39 is 25.6 Å². The highest BCUT2D eigenvalue weighted by atomic mass is 19.4. The number of alkyl halides is 6. The summed E-state index contributed by atoms with van der Waals surface area (Å²) in [6, 6.07) is 2.29. The number of halogens is 6. The van der Waals surface area contributed by atoms with Crippen molar-refractivity contribution in [1.82, 2.24) is 14.4 Å². The minimum absolute atomic E-state index is 0.0818. The Hall–Kier alpha value is -2.72. The van der Waals surface area contributed by atoms with Gasteiger partial charge in [-0.25, -0.2) is 9.97 Å². The van der Waals surface area contributed by atoms with E-state index in [4.69, 9.17) is 9.47 Å². The highest BCUT2D eigenvalue weighted by Gasteiger charge is 2.31. The molecule has 0 radical (unpaired) electrons. The van der Waals surface area contributed by atoms with Crippen molar-refractivity contribution in [1.29, 1.82) is 0 Å². The molecular weight excluding hydrogens is 416 g/mol. The molecule has 0 spiro atoms. The zero-order valence-electron chi connectivity index (χ0n) is 16.4. The highest BCUT2D eigenvalue weighted by Crippen LogP contribution is 2.34. The van der Waals surface area contributed by atoms with Crippen molar-refractivity contribution < 1.29 is 35.8 Å². The zero-order valence-corrected chi connectivity index (χ0v) is 16.4. The highest BCUT2D eigenvalue weighted by molar-refractivity contribution is 5.87. The van der Waals surface area contributed by atoms with Crippen LogP contribution in [0.25, 0.3) is 16.6 Å². The maximum Gasteiger partial charge on any atom is 0.422 e. The second-order valence-electron chi connectivity index (χ2n) is 6.84. The molecule has 1 aromatic carbocycles. The Balaban J connectivity index is 2.26. The van der Waals surface area contributed by atoms with Crippen molar-refractivity contribution >= 4 is 16.6 Å². The fourth-order valence-corrected chi connectivity index (χ4v) is 3.25. The standard InChI is InChI=1S/C19H19F6N3O2/c1-4-5-15-26-10(2)17-11(3)27-16-13(28(15)17)6-12(29-8-18(20,21)22)7-14(16)30-9-19(23,24)25/h6-7H,4-5,8-9H2,1-3H3. The molecule has 0 bridgehead atoms. The summed E-state index contributed by atoms with van der Waals surface area (Å²) in [5.41, 5.74) is 2.15. The van der Waals surface area contributed by atoms with Gasteiger partial charge in [0, 0.05) is 18.6 Å². The van der Waals surface area contributed by atoms with Crippen LogP contribution in [0.5, 0.6) is 11.5 Å². The second kappa shape index (κ2) is 7.84. The van der Waals surface area contributed by atoms with Crippen LogP contribution in [0.3, 0.4) is 0 Å². The topological polar surface area (TPSA) is 48.7 Å². The van der Waals surface area contributed by atoms with E-state index in [9.17, 15) is 26.3 Å². The summed E-state index contributed by atoms with van der Waals surface area (Å²) in [4.78, 5) is 8.86. The van der Waals surface area contributed by atoms with E-state index in [1.165, 1.54) is 6.07 Å². The van der Waals surface area contributed by atoms with Crippen molar-refractivity contribution in [2.45, 2.75) is 46.0 Å². The van der Waals surface area contributed by atoms with Crippen LogP contribution in [-0.4, -0.2) is 39.9 Å². The van der Waals surface area contributed by atoms with Gasteiger partial charge in [0.2, 0.25) is 0 Å². The molecular formula is C19H19F6N3O2. The van der Waals surface area contributed by atoms with Gasteiger partial charge in [-0.2, -0.15) is 26.3 Å². The molecule has 5 nitrogen and oxygen atoms in total. The number of rotatable bonds is 6. The third-order valence-corrected chi connectivity index (χ3v) is 4.28. The Labute approximate surface area is 167 Å². The number of hydrogen-bond acceptors (Lipinski definition) is 4. The van der Waals surface area contributed by atoms with Crippen LogP contribution in [0.15, 0.2) is 12.1 Å². The van der Waals surface area contributed by atoms with Crippen LogP contribution in [-0.2, 0) is 6.42 Å². The van der Waals surface area contributed by atoms with Crippen molar-refractivity contribution in [3.05, 3.63) is 29.3 Å². The first-order chi connectivity index (χ1) is 13.9. The number of benzene rings is 1. The molecule has 3 rings (SSSR count). The van der Waals surface area contributed by atoms with E-state index in [1.54, 1.807) is 18.2 Å². The lowest BCUT2D eigenvalue weighted by Gasteiger charge is -2.16. The first kappa shape index (κ1) is 22.0. The largest absolute Gasteiger partial charge is 0.484 e. The molecule has 2 heterocycles. The molecule has 0 aliphatic rings. The first-order valence-corrected chi connectivity index (χ1v) is 9.11. The smallest absolute Gasteiger partial charge is 0.422 e. The Morgan fingerprint density at radius 1 is 0.900 bits per heavy atom. The number of hydrogen-bond donors (Lipinski definition) is 0. The Morgan fingerprint density at radius 3 is 2.10 bits per heavy atom. The van der Waals surface area contributed by atoms with Gasteiger partial charge in [-0.1, -0.05) is 6.92 Å². The van der Waals surface area contributed by atoms with Crippen molar-refractivity contribution in [2.75, 3.05) is 13.2 Å². The van der Waals surface area contributed by atoms with Crippen LogP contribution in [0.1, 0.15) is 30.6 Å². The van der Waals surface area contributed by atoms with Crippen LogP contribution in [0.4, 0.5) is 26.3 Å². The Bertz CT molecular complexity index is 1070. The number of imidazole rings is 1. The summed E-state index contributed by atoms with van der Waals surface area (Å²) < 4.78 is 87.3. The van der Waals surface area contributed by atoms with Gasteiger partial charge >= 0.3 is 12.4 Å². The van der Waals surface area contributed by atoms with Gasteiger partial charge in [-0.3, -0.25) is 4.40 Å². The predicted molar refractivity (Wildman–Crippen MR) is 97.1 cm³/mol. The van der Waals surface area contributed by atoms with Crippen LogP contribution in [0, 0.1) is 13.8 Å². The fraction of sp³-hybridized carbons (Fsp3) is 0.474. The minimum Gasteiger partial charge on any atom is -0.484 e. The molecule has 3 aromatic rings. The van der Waals surface area contributed by atoms with Gasteiger partial charge in [-0.15, -0.1) is 0 Å². The van der Waals surface area contributed by atoms with Gasteiger partial charge in [-0.05, 0) is 20.3 Å². The van der Waals surface area contributed by atoms with E-state index in [-0.39, 0.29) is 22.5 Å². The zero-order chi connectivity index (χ0) is 22.3. The second-order valence-corrected chi connectivity index (χ2v) is 6.84. The summed E-state index contributed by atoms with van der Waals surface area (Å²) in [7, 11) is 0. The molecule has 0 fully saturated rings. The average molecular weight is 435 g/mol. The third kappa shape index (κ3) is 4.71. The van der Waals surface area contributed by atoms with Gasteiger partial charge in [0.15, 0.2) is 19.0 Å². The summed E-state index contributed by atoms with van der Waals surface area (Å²) in [6.07, 6.45) is -7.95. The SMILES string of the molecule is CCCc1nc(C)c2c(C)nc3c(OCC(F)(F)F)cc(OCC(F)(F)F)cc3n12. The lowest BCUT2D eigenvalue weighted by atomic mass is 10.2. The van der Waals surface area contributed by atoms with E-state index in [0.29, 0.717) is 29.1 Å². The molecule has 0 saturated heterocycles. The average Bonchev–Trinajstić information content (AvgIpc) is 2.95. The third-order valence-electron chi connectivity index (χ3n) is 4.28. The molecule has 0 aliphatic carbocycles. The van der Waals surface area contributed by atoms with E-state index >= 15 is 0 Å². The number of nitrogens with zero attached hydrogens (tertiary/aromatic N) is 3. The fourth-order valence-electron chi connectivity index (χ4n) is 3.25. The molecule has 0 atom stereocenters. The van der Waals surface area contributed by atoms with E-state index in [2.05, 4.69) is 9.97 Å². The Kier molecular flexibility index (Phi) is 5.74. The van der Waals surface area contributed by atoms with E-state index in [0.717, 1.165) is 12.5 Å². The van der Waals surface area contributed by atoms with Crippen molar-refractivity contribution in [3.63, 3.8) is 0 Å². The molecule has 11 heteroatoms. The van der Waals surface area contributed by atoms with Crippen molar-refractivity contribution in [3.8, 4) is 11.5 Å². The normalized spacial score (nSPS) is 12.7. The van der Waals surface area contributed by atoms with Crippen molar-refractivity contribution in [2.24, 2.45) is 0 Å². The lowest BCUT2D eigenvalue weighted by Crippen LogP contribution is -2.20. The summed E-state index contributed by atoms with van der Waals surface area (Å²) in [5.74, 6) is 0.0220. The molecule has 2 aromatic heterocycles. The van der Waals surface area contributed by atoms with Gasteiger partial charge in [0.1, 0.15) is 17.1 Å². The molecule has 0 amide bonds. The monoisotopic (exact) mass is 435 g/mol. The van der Waals surface area contributed by atoms with Crippen LogP contribution >= 0.6 is 0 Å². The van der Waals surface area contributed by atoms with Gasteiger partial charge in [0.05, 0.1) is 22.4 Å². The quantitative estimate of drug-likeness (QED) is 0.491. The van der Waals surface area contributed by atoms with Gasteiger partial charge in [0.25, 0.3) is 0 Å². The lowest BCUT2D eigenvalue weighted by molar-refractivity contribution is -0.153. The molecule has 0 saturated carbocycles. The molecule has 0 aliphatic heterocycles. The number of aromatic nitrogens is 3. The number of aryl methyl sites for hydroxylation is 3. The maximum absolute atomic E-state index is 12.7.